The maximum absolute atomic E-state index is 13.7. The molecule has 14 heteroatoms. The molecule has 0 amide bonds. The van der Waals surface area contributed by atoms with Gasteiger partial charge in [-0.2, -0.15) is 40.8 Å². The highest BCUT2D eigenvalue weighted by Crippen LogP contribution is 2.36. The third kappa shape index (κ3) is 11.6. The largest absolute Gasteiger partial charge is 0.534 e. The fraction of sp³-hybridized carbons (Fsp3) is 0.520. The number of hydrogen-bond acceptors (Lipinski definition) is 7. The minimum Gasteiger partial charge on any atom is -0.381 e. The molecule has 3 rings (SSSR count). The minimum atomic E-state index is -5.50. The number of allylic oxidation sites excluding steroid dienone is 4. The van der Waals surface area contributed by atoms with Gasteiger partial charge in [-0.05, 0) is 75.0 Å². The van der Waals surface area contributed by atoms with Crippen molar-refractivity contribution >= 4 is 28.0 Å². The summed E-state index contributed by atoms with van der Waals surface area (Å²) < 4.78 is 102. The Labute approximate surface area is 222 Å². The minimum absolute atomic E-state index is 0.0222. The van der Waals surface area contributed by atoms with E-state index in [1.807, 2.05) is 6.92 Å². The fourth-order valence-electron chi connectivity index (χ4n) is 4.03. The highest BCUT2D eigenvalue weighted by molar-refractivity contribution is 7.87. The van der Waals surface area contributed by atoms with Gasteiger partial charge in [-0.25, -0.2) is 13.2 Å². The van der Waals surface area contributed by atoms with E-state index >= 15 is 0 Å². The SMILES string of the molecule is CCC1=C(OS(=O)(=O)C(F)(F)F)CCCC1.CCC1=C(c2cc(F)c(F)cc2F)CCCC1.O=C=O.O=C=O. The lowest BCUT2D eigenvalue weighted by Gasteiger charge is -2.20. The zero-order chi connectivity index (χ0) is 30.2. The van der Waals surface area contributed by atoms with Crippen LogP contribution >= 0.6 is 0 Å². The van der Waals surface area contributed by atoms with Crippen molar-refractivity contribution < 1.29 is 58.1 Å². The van der Waals surface area contributed by atoms with Crippen LogP contribution in [0.25, 0.3) is 5.57 Å². The van der Waals surface area contributed by atoms with E-state index in [1.54, 1.807) is 6.92 Å². The first-order valence-electron chi connectivity index (χ1n) is 11.8. The summed E-state index contributed by atoms with van der Waals surface area (Å²) in [5, 5.41) is 0. The fourth-order valence-corrected chi connectivity index (χ4v) is 4.59. The van der Waals surface area contributed by atoms with Crippen molar-refractivity contribution in [1.29, 1.82) is 0 Å². The summed E-state index contributed by atoms with van der Waals surface area (Å²) in [7, 11) is -5.50. The van der Waals surface area contributed by atoms with Crippen LogP contribution in [0, 0.1) is 17.5 Å². The van der Waals surface area contributed by atoms with E-state index < -0.39 is 33.1 Å². The van der Waals surface area contributed by atoms with Gasteiger partial charge in [0.2, 0.25) is 0 Å². The molecule has 0 bridgehead atoms. The van der Waals surface area contributed by atoms with Gasteiger partial charge in [0, 0.05) is 18.1 Å². The Morgan fingerprint density at radius 2 is 1.18 bits per heavy atom. The van der Waals surface area contributed by atoms with Gasteiger partial charge in [0.1, 0.15) is 11.6 Å². The second-order valence-corrected chi connectivity index (χ2v) is 9.66. The molecule has 0 atom stereocenters. The molecule has 0 aromatic heterocycles. The standard InChI is InChI=1S/C14H15F3.C9H13F3O3S.2CO2/c1-2-9-5-3-4-6-10(9)11-7-13(16)14(17)8-12(11)15;1-2-7-5-3-4-6-8(7)15-16(13,14)9(10,11)12;2*2-1-3/h7-8H,2-6H2,1H3;2-6H2,1H3;;. The lowest BCUT2D eigenvalue weighted by molar-refractivity contribution is -0.193. The van der Waals surface area contributed by atoms with Gasteiger partial charge in [0.05, 0.1) is 0 Å². The molecule has 7 nitrogen and oxygen atoms in total. The number of benzene rings is 1. The molecule has 0 radical (unpaired) electrons. The maximum atomic E-state index is 13.7. The van der Waals surface area contributed by atoms with E-state index in [0.717, 1.165) is 50.2 Å². The molecule has 0 unspecified atom stereocenters. The second-order valence-electron chi connectivity index (χ2n) is 8.13. The molecular weight excluding hydrogens is 558 g/mol. The van der Waals surface area contributed by atoms with Crippen LogP contribution in [0.5, 0.6) is 0 Å². The first-order valence-corrected chi connectivity index (χ1v) is 13.2. The third-order valence-corrected chi connectivity index (χ3v) is 6.78. The number of alkyl halides is 3. The van der Waals surface area contributed by atoms with Gasteiger partial charge in [-0.3, -0.25) is 0 Å². The molecule has 0 spiro atoms. The molecule has 0 heterocycles. The molecule has 0 N–H and O–H groups in total. The van der Waals surface area contributed by atoms with Crippen molar-refractivity contribution in [3.05, 3.63) is 52.1 Å². The van der Waals surface area contributed by atoms with Gasteiger partial charge < -0.3 is 4.18 Å². The highest BCUT2D eigenvalue weighted by Gasteiger charge is 2.49. The average Bonchev–Trinajstić information content (AvgIpc) is 2.87. The van der Waals surface area contributed by atoms with Crippen molar-refractivity contribution in [3.8, 4) is 0 Å². The van der Waals surface area contributed by atoms with Crippen molar-refractivity contribution in [2.45, 2.75) is 83.6 Å². The third-order valence-electron chi connectivity index (χ3n) is 5.79. The molecule has 0 saturated carbocycles. The van der Waals surface area contributed by atoms with Crippen molar-refractivity contribution in [1.82, 2.24) is 0 Å². The van der Waals surface area contributed by atoms with Crippen molar-refractivity contribution in [2.75, 3.05) is 0 Å². The Morgan fingerprint density at radius 1 is 0.744 bits per heavy atom. The summed E-state index contributed by atoms with van der Waals surface area (Å²) in [4.78, 5) is 32.5. The summed E-state index contributed by atoms with van der Waals surface area (Å²) in [5.74, 6) is -2.78. The normalized spacial score (nSPS) is 15.3. The van der Waals surface area contributed by atoms with E-state index in [9.17, 15) is 34.8 Å². The molecule has 2 aliphatic carbocycles. The zero-order valence-electron chi connectivity index (χ0n) is 21.3. The van der Waals surface area contributed by atoms with Crippen LogP contribution < -0.4 is 0 Å². The number of rotatable bonds is 5. The first-order chi connectivity index (χ1) is 18.2. The van der Waals surface area contributed by atoms with Gasteiger partial charge in [-0.15, -0.1) is 0 Å². The summed E-state index contributed by atoms with van der Waals surface area (Å²) in [6.45, 7) is 3.78. The van der Waals surface area contributed by atoms with Crippen LogP contribution in [0.4, 0.5) is 26.3 Å². The number of hydrogen-bond donors (Lipinski definition) is 0. The Kier molecular flexibility index (Phi) is 16.0. The van der Waals surface area contributed by atoms with E-state index in [0.29, 0.717) is 30.9 Å². The molecule has 0 fully saturated rings. The average molecular weight is 587 g/mol. The molecule has 1 aromatic rings. The summed E-state index contributed by atoms with van der Waals surface area (Å²) in [5.41, 5.74) is -2.41. The van der Waals surface area contributed by atoms with Crippen molar-refractivity contribution in [2.24, 2.45) is 0 Å². The lowest BCUT2D eigenvalue weighted by atomic mass is 9.86. The van der Waals surface area contributed by atoms with Crippen LogP contribution in [0.15, 0.2) is 29.0 Å². The zero-order valence-corrected chi connectivity index (χ0v) is 22.1. The lowest BCUT2D eigenvalue weighted by Crippen LogP contribution is -2.26. The number of halogens is 6. The molecule has 2 aliphatic rings. The Morgan fingerprint density at radius 3 is 1.67 bits per heavy atom. The molecule has 0 aliphatic heterocycles. The van der Waals surface area contributed by atoms with Crippen LogP contribution in [0.2, 0.25) is 0 Å². The maximum Gasteiger partial charge on any atom is 0.534 e. The smallest absolute Gasteiger partial charge is 0.381 e. The van der Waals surface area contributed by atoms with E-state index in [-0.39, 0.29) is 30.0 Å². The molecular formula is C25H28F6O7S. The molecule has 1 aromatic carbocycles. The van der Waals surface area contributed by atoms with Crippen LogP contribution in [-0.2, 0) is 33.5 Å². The Hall–Kier alpha value is -3.21. The second kappa shape index (κ2) is 17.4. The topological polar surface area (TPSA) is 112 Å². The summed E-state index contributed by atoms with van der Waals surface area (Å²) >= 11 is 0. The van der Waals surface area contributed by atoms with Crippen molar-refractivity contribution in [3.63, 3.8) is 0 Å². The molecule has 0 saturated heterocycles. The van der Waals surface area contributed by atoms with Gasteiger partial charge >= 0.3 is 27.9 Å². The van der Waals surface area contributed by atoms with E-state index in [2.05, 4.69) is 4.18 Å². The highest BCUT2D eigenvalue weighted by atomic mass is 32.2. The first kappa shape index (κ1) is 35.8. The van der Waals surface area contributed by atoms with Gasteiger partial charge in [0.15, 0.2) is 11.6 Å². The number of carbonyl (C=O) groups excluding carboxylic acids is 4. The van der Waals surface area contributed by atoms with Gasteiger partial charge in [-0.1, -0.05) is 19.4 Å². The summed E-state index contributed by atoms with van der Waals surface area (Å²) in [6.07, 6.45) is 8.02. The van der Waals surface area contributed by atoms with E-state index in [4.69, 9.17) is 19.2 Å². The van der Waals surface area contributed by atoms with Gasteiger partial charge in [0.25, 0.3) is 0 Å². The predicted octanol–water partition coefficient (Wildman–Crippen LogP) is 6.77. The quantitative estimate of drug-likeness (QED) is 0.162. The van der Waals surface area contributed by atoms with Crippen LogP contribution in [0.3, 0.4) is 0 Å². The van der Waals surface area contributed by atoms with E-state index in [1.165, 1.54) is 5.57 Å². The summed E-state index contributed by atoms with van der Waals surface area (Å²) in [6, 6.07) is 1.63. The molecule has 218 valence electrons. The Bertz CT molecular complexity index is 1180. The predicted molar refractivity (Wildman–Crippen MR) is 124 cm³/mol. The van der Waals surface area contributed by atoms with Crippen LogP contribution in [-0.4, -0.2) is 26.2 Å². The Balaban J connectivity index is 0.000000617. The monoisotopic (exact) mass is 586 g/mol. The molecule has 39 heavy (non-hydrogen) atoms. The van der Waals surface area contributed by atoms with Crippen LogP contribution in [0.1, 0.15) is 83.6 Å².